The number of carboxylic acids is 1. The molecule has 0 fully saturated rings. The number of rotatable bonds is 3. The SMILES string of the molecule is O=C(O)c1cnc(Nc2ccc(C(F)(F)F)cc2Cl)s1. The Morgan fingerprint density at radius 2 is 2.10 bits per heavy atom. The van der Waals surface area contributed by atoms with Gasteiger partial charge in [-0.2, -0.15) is 13.2 Å². The van der Waals surface area contributed by atoms with Gasteiger partial charge in [-0.25, -0.2) is 9.78 Å². The fourth-order valence-electron chi connectivity index (χ4n) is 1.34. The zero-order valence-electron chi connectivity index (χ0n) is 9.53. The molecule has 0 amide bonds. The van der Waals surface area contributed by atoms with Crippen molar-refractivity contribution in [1.29, 1.82) is 0 Å². The minimum Gasteiger partial charge on any atom is -0.477 e. The Kier molecular flexibility index (Phi) is 3.87. The van der Waals surface area contributed by atoms with Crippen molar-refractivity contribution >= 4 is 39.7 Å². The summed E-state index contributed by atoms with van der Waals surface area (Å²) < 4.78 is 37.4. The lowest BCUT2D eigenvalue weighted by Crippen LogP contribution is -2.05. The summed E-state index contributed by atoms with van der Waals surface area (Å²) in [5.74, 6) is -1.13. The first-order chi connectivity index (χ1) is 9.27. The lowest BCUT2D eigenvalue weighted by molar-refractivity contribution is -0.137. The van der Waals surface area contributed by atoms with E-state index in [1.807, 2.05) is 0 Å². The van der Waals surface area contributed by atoms with Crippen molar-refractivity contribution < 1.29 is 23.1 Å². The third-order valence-corrected chi connectivity index (χ3v) is 3.47. The highest BCUT2D eigenvalue weighted by Crippen LogP contribution is 2.35. The number of benzene rings is 1. The average Bonchev–Trinajstić information content (AvgIpc) is 2.79. The molecule has 2 rings (SSSR count). The van der Waals surface area contributed by atoms with E-state index in [1.165, 1.54) is 0 Å². The monoisotopic (exact) mass is 322 g/mol. The zero-order chi connectivity index (χ0) is 14.9. The quantitative estimate of drug-likeness (QED) is 0.886. The van der Waals surface area contributed by atoms with Gasteiger partial charge in [-0.3, -0.25) is 0 Å². The van der Waals surface area contributed by atoms with Gasteiger partial charge in [-0.15, -0.1) is 0 Å². The molecule has 0 saturated carbocycles. The molecule has 0 aliphatic heterocycles. The van der Waals surface area contributed by atoms with Gasteiger partial charge >= 0.3 is 12.1 Å². The minimum absolute atomic E-state index is 0.00975. The Bertz CT molecular complexity index is 657. The fourth-order valence-corrected chi connectivity index (χ4v) is 2.23. The van der Waals surface area contributed by atoms with Crippen molar-refractivity contribution in [3.63, 3.8) is 0 Å². The van der Waals surface area contributed by atoms with Crippen LogP contribution in [0.25, 0.3) is 0 Å². The number of carboxylic acid groups (broad SMARTS) is 1. The Balaban J connectivity index is 2.23. The third-order valence-electron chi connectivity index (χ3n) is 2.25. The molecule has 0 bridgehead atoms. The minimum atomic E-state index is -4.47. The van der Waals surface area contributed by atoms with Crippen LogP contribution in [0.3, 0.4) is 0 Å². The highest BCUT2D eigenvalue weighted by molar-refractivity contribution is 7.17. The van der Waals surface area contributed by atoms with Crippen LogP contribution < -0.4 is 5.32 Å². The molecule has 2 N–H and O–H groups in total. The second kappa shape index (κ2) is 5.29. The maximum Gasteiger partial charge on any atom is 0.416 e. The van der Waals surface area contributed by atoms with Crippen LogP contribution in [-0.4, -0.2) is 16.1 Å². The summed E-state index contributed by atoms with van der Waals surface area (Å²) in [7, 11) is 0. The number of thiazole rings is 1. The Hall–Kier alpha value is -1.80. The second-order valence-electron chi connectivity index (χ2n) is 3.65. The molecule has 9 heteroatoms. The molecule has 106 valence electrons. The van der Waals surface area contributed by atoms with E-state index < -0.39 is 17.7 Å². The van der Waals surface area contributed by atoms with Crippen LogP contribution in [0.1, 0.15) is 15.2 Å². The van der Waals surface area contributed by atoms with E-state index in [4.69, 9.17) is 16.7 Å². The molecular formula is C11H6ClF3N2O2S. The lowest BCUT2D eigenvalue weighted by Gasteiger charge is -2.10. The highest BCUT2D eigenvalue weighted by atomic mass is 35.5. The topological polar surface area (TPSA) is 62.2 Å². The molecule has 1 heterocycles. The van der Waals surface area contributed by atoms with Gasteiger partial charge in [0.25, 0.3) is 0 Å². The lowest BCUT2D eigenvalue weighted by atomic mass is 10.2. The Labute approximate surface area is 119 Å². The van der Waals surface area contributed by atoms with E-state index in [1.54, 1.807) is 0 Å². The van der Waals surface area contributed by atoms with Crippen molar-refractivity contribution in [3.8, 4) is 0 Å². The number of alkyl halides is 3. The van der Waals surface area contributed by atoms with Crippen LogP contribution in [0, 0.1) is 0 Å². The first-order valence-corrected chi connectivity index (χ1v) is 6.29. The normalized spacial score (nSPS) is 11.4. The number of aromatic carboxylic acids is 1. The fraction of sp³-hybridized carbons (Fsp3) is 0.0909. The van der Waals surface area contributed by atoms with Crippen molar-refractivity contribution in [2.75, 3.05) is 5.32 Å². The van der Waals surface area contributed by atoms with E-state index in [2.05, 4.69) is 10.3 Å². The van der Waals surface area contributed by atoms with Crippen molar-refractivity contribution in [2.24, 2.45) is 0 Å². The molecule has 0 atom stereocenters. The van der Waals surface area contributed by atoms with E-state index >= 15 is 0 Å². The molecule has 2 aromatic rings. The molecule has 0 saturated heterocycles. The summed E-state index contributed by atoms with van der Waals surface area (Å²) in [5, 5.41) is 11.5. The number of hydrogen-bond acceptors (Lipinski definition) is 4. The maximum atomic E-state index is 12.5. The Morgan fingerprint density at radius 1 is 1.40 bits per heavy atom. The predicted molar refractivity (Wildman–Crippen MR) is 68.8 cm³/mol. The van der Waals surface area contributed by atoms with E-state index in [0.29, 0.717) is 0 Å². The van der Waals surface area contributed by atoms with E-state index in [9.17, 15) is 18.0 Å². The predicted octanol–water partition coefficient (Wildman–Crippen LogP) is 4.26. The first-order valence-electron chi connectivity index (χ1n) is 5.10. The zero-order valence-corrected chi connectivity index (χ0v) is 11.1. The number of hydrogen-bond donors (Lipinski definition) is 2. The van der Waals surface area contributed by atoms with Gasteiger partial charge in [0.05, 0.1) is 22.5 Å². The van der Waals surface area contributed by atoms with E-state index in [0.717, 1.165) is 35.7 Å². The summed E-state index contributed by atoms with van der Waals surface area (Å²) in [5.41, 5.74) is -0.649. The number of carbonyl (C=O) groups is 1. The summed E-state index contributed by atoms with van der Waals surface area (Å²) >= 11 is 6.60. The number of nitrogens with zero attached hydrogens (tertiary/aromatic N) is 1. The summed E-state index contributed by atoms with van der Waals surface area (Å²) in [6, 6.07) is 2.82. The summed E-state index contributed by atoms with van der Waals surface area (Å²) in [6.07, 6.45) is -3.33. The molecule has 0 radical (unpaired) electrons. The molecule has 4 nitrogen and oxygen atoms in total. The van der Waals surface area contributed by atoms with Crippen molar-refractivity contribution in [2.45, 2.75) is 6.18 Å². The molecule has 1 aromatic heterocycles. The van der Waals surface area contributed by atoms with Gasteiger partial charge in [0, 0.05) is 0 Å². The molecular weight excluding hydrogens is 317 g/mol. The second-order valence-corrected chi connectivity index (χ2v) is 5.09. The van der Waals surface area contributed by atoms with Gasteiger partial charge in [-0.1, -0.05) is 22.9 Å². The van der Waals surface area contributed by atoms with E-state index in [-0.39, 0.29) is 20.7 Å². The standard InChI is InChI=1S/C11H6ClF3N2O2S/c12-6-3-5(11(13,14)15)1-2-7(6)17-10-16-4-8(20-10)9(18)19/h1-4H,(H,16,17)(H,18,19). The van der Waals surface area contributed by atoms with Gasteiger partial charge in [-0.05, 0) is 18.2 Å². The van der Waals surface area contributed by atoms with Crippen LogP contribution in [0.5, 0.6) is 0 Å². The van der Waals surface area contributed by atoms with Crippen LogP contribution in [-0.2, 0) is 6.18 Å². The van der Waals surface area contributed by atoms with Crippen LogP contribution in [0.2, 0.25) is 5.02 Å². The number of halogens is 4. The van der Waals surface area contributed by atoms with Crippen molar-refractivity contribution in [1.82, 2.24) is 4.98 Å². The third kappa shape index (κ3) is 3.20. The highest BCUT2D eigenvalue weighted by Gasteiger charge is 2.30. The maximum absolute atomic E-state index is 12.5. The van der Waals surface area contributed by atoms with Gasteiger partial charge in [0.1, 0.15) is 4.88 Å². The summed E-state index contributed by atoms with van der Waals surface area (Å²) in [6.45, 7) is 0. The largest absolute Gasteiger partial charge is 0.477 e. The number of anilines is 2. The molecule has 0 spiro atoms. The van der Waals surface area contributed by atoms with Crippen molar-refractivity contribution in [3.05, 3.63) is 39.9 Å². The Morgan fingerprint density at radius 3 is 2.60 bits per heavy atom. The van der Waals surface area contributed by atoms with Gasteiger partial charge in [0.2, 0.25) is 0 Å². The molecule has 20 heavy (non-hydrogen) atoms. The molecule has 0 unspecified atom stereocenters. The average molecular weight is 323 g/mol. The molecule has 0 aliphatic rings. The van der Waals surface area contributed by atoms with Gasteiger partial charge < -0.3 is 10.4 Å². The first kappa shape index (κ1) is 14.6. The molecule has 1 aromatic carbocycles. The number of aromatic nitrogens is 1. The van der Waals surface area contributed by atoms with Crippen LogP contribution in [0.15, 0.2) is 24.4 Å². The smallest absolute Gasteiger partial charge is 0.416 e. The summed E-state index contributed by atoms with van der Waals surface area (Å²) in [4.78, 5) is 14.5. The molecule has 0 aliphatic carbocycles. The van der Waals surface area contributed by atoms with Gasteiger partial charge in [0.15, 0.2) is 5.13 Å². The van der Waals surface area contributed by atoms with Crippen LogP contribution >= 0.6 is 22.9 Å². The van der Waals surface area contributed by atoms with Crippen LogP contribution in [0.4, 0.5) is 24.0 Å². The number of nitrogens with one attached hydrogen (secondary N) is 1.